The number of urea groups is 1. The van der Waals surface area contributed by atoms with E-state index in [1.165, 1.54) is 47.2 Å². The first kappa shape index (κ1) is 25.3. The predicted octanol–water partition coefficient (Wildman–Crippen LogP) is 4.58. The molecule has 1 unspecified atom stereocenters. The van der Waals surface area contributed by atoms with Crippen LogP contribution in [0.1, 0.15) is 18.4 Å². The molecular weight excluding hydrogens is 514 g/mol. The minimum Gasteiger partial charge on any atom is -0.488 e. The summed E-state index contributed by atoms with van der Waals surface area (Å²) in [4.78, 5) is 16.3. The van der Waals surface area contributed by atoms with Gasteiger partial charge in [-0.3, -0.25) is 0 Å². The molecule has 7 nitrogen and oxygen atoms in total. The van der Waals surface area contributed by atoms with Crippen molar-refractivity contribution in [3.05, 3.63) is 57.8 Å². The summed E-state index contributed by atoms with van der Waals surface area (Å²) in [5.74, 6) is -5.95. The Hall–Kier alpha value is -3.33. The third-order valence-corrected chi connectivity index (χ3v) is 8.19. The Kier molecular flexibility index (Phi) is 6.30. The topological polar surface area (TPSA) is 71.3 Å². The zero-order valence-corrected chi connectivity index (χ0v) is 20.7. The third kappa shape index (κ3) is 4.50. The molecule has 2 aromatic rings. The van der Waals surface area contributed by atoms with Gasteiger partial charge in [0.1, 0.15) is 18.3 Å². The summed E-state index contributed by atoms with van der Waals surface area (Å²) in [5, 5.41) is 0. The largest absolute Gasteiger partial charge is 0.543 e. The standard InChI is InChI=1S/C25H24F4N3O4S/c1-31-10-11-36-22-17(6-3-7-19(22)26)16-5-2-4-15(21(16)27)12-20-18(13-30-37(34,35)23(28)29)25(8-9-25)14-32(20)24(31)33/h2-7,18,20,23H,8-12,14H2,1H3/q+1/t18?,20-/m0/s1. The molecule has 2 atom stereocenters. The van der Waals surface area contributed by atoms with Gasteiger partial charge in [-0.1, -0.05) is 30.3 Å². The number of ether oxygens (including phenoxy) is 1. The summed E-state index contributed by atoms with van der Waals surface area (Å²) in [5.41, 5.74) is -0.0633. The molecule has 3 aliphatic rings. The van der Waals surface area contributed by atoms with Gasteiger partial charge >= 0.3 is 27.9 Å². The van der Waals surface area contributed by atoms with Crippen LogP contribution in [-0.4, -0.2) is 62.8 Å². The lowest BCUT2D eigenvalue weighted by Crippen LogP contribution is -2.47. The van der Waals surface area contributed by atoms with Crippen LogP contribution in [0.5, 0.6) is 5.75 Å². The molecule has 2 heterocycles. The number of amides is 2. The Balaban J connectivity index is 1.63. The van der Waals surface area contributed by atoms with Gasteiger partial charge in [0.15, 0.2) is 11.6 Å². The van der Waals surface area contributed by atoms with Crippen molar-refractivity contribution in [3.63, 3.8) is 0 Å². The molecule has 1 aliphatic carbocycles. The molecule has 0 N–H and O–H groups in total. The van der Waals surface area contributed by atoms with Crippen LogP contribution in [0.4, 0.5) is 22.4 Å². The van der Waals surface area contributed by atoms with E-state index in [-0.39, 0.29) is 48.6 Å². The van der Waals surface area contributed by atoms with Gasteiger partial charge < -0.3 is 14.5 Å². The van der Waals surface area contributed by atoms with Crippen LogP contribution < -0.4 is 4.74 Å². The number of para-hydroxylation sites is 1. The first-order valence-corrected chi connectivity index (χ1v) is 13.2. The number of hydrogen-bond acceptors (Lipinski definition) is 4. The third-order valence-electron chi connectivity index (χ3n) is 7.38. The van der Waals surface area contributed by atoms with Gasteiger partial charge in [0.2, 0.25) is 0 Å². The minimum atomic E-state index is -5.07. The highest BCUT2D eigenvalue weighted by molar-refractivity contribution is 7.93. The van der Waals surface area contributed by atoms with Gasteiger partial charge in [0.25, 0.3) is 0 Å². The molecule has 1 spiro atoms. The predicted molar refractivity (Wildman–Crippen MR) is 127 cm³/mol. The maximum Gasteiger partial charge on any atom is 0.543 e. The van der Waals surface area contributed by atoms with Gasteiger partial charge in [-0.15, -0.1) is 8.42 Å². The van der Waals surface area contributed by atoms with E-state index >= 15 is 4.39 Å². The Labute approximate surface area is 211 Å². The maximum atomic E-state index is 15.9. The number of likely N-dealkylation sites (N-methyl/N-ethyl adjacent to an activating group) is 1. The van der Waals surface area contributed by atoms with Gasteiger partial charge in [0.05, 0.1) is 16.8 Å². The number of halogens is 4. The van der Waals surface area contributed by atoms with Crippen molar-refractivity contribution in [2.45, 2.75) is 31.1 Å². The molecular formula is C25H24F4N3O4S+. The number of nitrogens with zero attached hydrogens (tertiary/aromatic N) is 3. The number of carbonyl (C=O) groups excluding carboxylic acids is 1. The first-order valence-electron chi connectivity index (χ1n) is 11.7. The van der Waals surface area contributed by atoms with E-state index < -0.39 is 50.8 Å². The molecule has 12 heteroatoms. The molecule has 0 radical (unpaired) electrons. The van der Waals surface area contributed by atoms with Crippen LogP contribution in [0, 0.1) is 29.0 Å². The Bertz CT molecular complexity index is 1420. The number of alkyl halides is 2. The molecule has 1 saturated heterocycles. The van der Waals surface area contributed by atoms with Crippen molar-refractivity contribution in [2.24, 2.45) is 11.3 Å². The van der Waals surface area contributed by atoms with Crippen molar-refractivity contribution in [1.29, 1.82) is 0 Å². The highest BCUT2D eigenvalue weighted by atomic mass is 32.2. The van der Waals surface area contributed by atoms with Crippen molar-refractivity contribution in [1.82, 2.24) is 9.80 Å². The Morgan fingerprint density at radius 1 is 1.14 bits per heavy atom. The summed E-state index contributed by atoms with van der Waals surface area (Å²) in [6, 6.07) is 9.99. The summed E-state index contributed by atoms with van der Waals surface area (Å²) in [6.07, 6.45) is 1.20. The van der Waals surface area contributed by atoms with Crippen LogP contribution in [0.15, 0.2) is 36.4 Å². The minimum absolute atomic E-state index is 0.0472. The van der Waals surface area contributed by atoms with Crippen molar-refractivity contribution >= 4 is 16.1 Å². The fraction of sp³-hybridized carbons (Fsp3) is 0.440. The second kappa shape index (κ2) is 9.20. The SMILES string of the molecule is CN1CCOc2c(F)cccc2-c2cccc(c2F)C[C@H]2C(C#[N+]S(=O)(=O)C(F)F)C3(CC3)CN2C1=O. The van der Waals surface area contributed by atoms with Crippen molar-refractivity contribution in [2.75, 3.05) is 26.7 Å². The number of fused-ring (bicyclic) bond motifs is 5. The van der Waals surface area contributed by atoms with E-state index in [2.05, 4.69) is 10.3 Å². The van der Waals surface area contributed by atoms with Crippen molar-refractivity contribution < 1.29 is 35.5 Å². The smallest absolute Gasteiger partial charge is 0.488 e. The number of benzene rings is 2. The van der Waals surface area contributed by atoms with Crippen LogP contribution in [0.3, 0.4) is 0 Å². The van der Waals surface area contributed by atoms with E-state index in [4.69, 9.17) is 4.74 Å². The highest BCUT2D eigenvalue weighted by Gasteiger charge is 2.63. The number of rotatable bonds is 1. The molecule has 37 heavy (non-hydrogen) atoms. The number of carbonyl (C=O) groups is 1. The normalized spacial score (nSPS) is 22.7. The Morgan fingerprint density at radius 2 is 1.84 bits per heavy atom. The Morgan fingerprint density at radius 3 is 2.54 bits per heavy atom. The van der Waals surface area contributed by atoms with E-state index in [1.807, 2.05) is 0 Å². The quantitative estimate of drug-likeness (QED) is 0.499. The van der Waals surface area contributed by atoms with Crippen LogP contribution in [0.2, 0.25) is 0 Å². The zero-order chi connectivity index (χ0) is 26.5. The average Bonchev–Trinajstić information content (AvgIpc) is 3.56. The van der Waals surface area contributed by atoms with Crippen LogP contribution >= 0.6 is 0 Å². The van der Waals surface area contributed by atoms with E-state index in [9.17, 15) is 26.4 Å². The van der Waals surface area contributed by atoms with Gasteiger partial charge in [-0.25, -0.2) is 13.6 Å². The molecule has 0 aromatic heterocycles. The lowest BCUT2D eigenvalue weighted by Gasteiger charge is -2.30. The van der Waals surface area contributed by atoms with Crippen molar-refractivity contribution in [3.8, 4) is 22.9 Å². The molecule has 196 valence electrons. The van der Waals surface area contributed by atoms with Crippen LogP contribution in [0.25, 0.3) is 15.4 Å². The molecule has 1 saturated carbocycles. The second-order valence-corrected chi connectivity index (χ2v) is 11.3. The van der Waals surface area contributed by atoms with E-state index in [0.29, 0.717) is 12.8 Å². The first-order chi connectivity index (χ1) is 17.5. The molecule has 2 amide bonds. The summed E-state index contributed by atoms with van der Waals surface area (Å²) >= 11 is 0. The summed E-state index contributed by atoms with van der Waals surface area (Å²) in [6.45, 7) is 0.246. The lowest BCUT2D eigenvalue weighted by molar-refractivity contribution is 0.145. The fourth-order valence-electron chi connectivity index (χ4n) is 5.24. The van der Waals surface area contributed by atoms with Gasteiger partial charge in [-0.2, -0.15) is 8.78 Å². The summed E-state index contributed by atoms with van der Waals surface area (Å²) in [7, 11) is -3.54. The lowest BCUT2D eigenvalue weighted by atomic mass is 9.85. The average molecular weight is 539 g/mol. The number of hydrogen-bond donors (Lipinski definition) is 0. The highest BCUT2D eigenvalue weighted by Crippen LogP contribution is 2.59. The maximum absolute atomic E-state index is 15.9. The molecule has 5 rings (SSSR count). The zero-order valence-electron chi connectivity index (χ0n) is 19.8. The second-order valence-electron chi connectivity index (χ2n) is 9.68. The van der Waals surface area contributed by atoms with E-state index in [0.717, 1.165) is 0 Å². The molecule has 2 aromatic carbocycles. The monoisotopic (exact) mass is 538 g/mol. The van der Waals surface area contributed by atoms with Gasteiger partial charge in [-0.05, 0) is 30.9 Å². The molecule has 2 fully saturated rings. The van der Waals surface area contributed by atoms with Crippen LogP contribution in [-0.2, 0) is 16.4 Å². The van der Waals surface area contributed by atoms with E-state index in [1.54, 1.807) is 6.07 Å². The molecule has 2 aliphatic heterocycles. The van der Waals surface area contributed by atoms with Gasteiger partial charge in [0, 0.05) is 30.1 Å². The fourth-order valence-corrected chi connectivity index (χ4v) is 5.58. The number of sulfonamides is 1. The molecule has 2 bridgehead atoms. The summed E-state index contributed by atoms with van der Waals surface area (Å²) < 4.78 is 88.6.